The molecule has 1 aromatic rings. The molecule has 6 nitrogen and oxygen atoms in total. The zero-order valence-corrected chi connectivity index (χ0v) is 19.5. The standard InChI is InChI=1S/C25H41N5O/c1-21-18-23(10-15-29(21)19-22-8-4-3-5-9-22)28-24(26-2)27-20-25(11-16-31-17-12-25)30-13-6-7-14-30/h3-5,8-9,21,23H,6-7,10-20H2,1-2H3,(H2,26,27,28). The molecule has 3 aliphatic heterocycles. The molecule has 0 radical (unpaired) electrons. The fourth-order valence-corrected chi connectivity index (χ4v) is 5.59. The number of ether oxygens (including phenoxy) is 1. The van der Waals surface area contributed by atoms with E-state index in [1.807, 2.05) is 7.05 Å². The minimum atomic E-state index is 0.221. The minimum absolute atomic E-state index is 0.221. The van der Waals surface area contributed by atoms with Gasteiger partial charge in [-0.25, -0.2) is 0 Å². The number of piperidine rings is 1. The summed E-state index contributed by atoms with van der Waals surface area (Å²) >= 11 is 0. The Bertz CT molecular complexity index is 697. The molecule has 1 aromatic carbocycles. The molecule has 0 saturated carbocycles. The Morgan fingerprint density at radius 2 is 1.87 bits per heavy atom. The first kappa shape index (κ1) is 22.6. The van der Waals surface area contributed by atoms with Crippen LogP contribution in [0.25, 0.3) is 0 Å². The highest BCUT2D eigenvalue weighted by Gasteiger charge is 2.39. The summed E-state index contributed by atoms with van der Waals surface area (Å²) in [7, 11) is 1.90. The Morgan fingerprint density at radius 3 is 2.55 bits per heavy atom. The molecule has 2 atom stereocenters. The molecule has 6 heteroatoms. The van der Waals surface area contributed by atoms with Crippen molar-refractivity contribution in [1.29, 1.82) is 0 Å². The average molecular weight is 428 g/mol. The van der Waals surface area contributed by atoms with Gasteiger partial charge in [0.25, 0.3) is 0 Å². The molecule has 0 amide bonds. The lowest BCUT2D eigenvalue weighted by molar-refractivity contribution is -0.0164. The van der Waals surface area contributed by atoms with Gasteiger partial charge >= 0.3 is 0 Å². The van der Waals surface area contributed by atoms with E-state index in [0.717, 1.165) is 64.5 Å². The van der Waals surface area contributed by atoms with Crippen LogP contribution in [0.15, 0.2) is 35.3 Å². The molecule has 2 unspecified atom stereocenters. The van der Waals surface area contributed by atoms with Gasteiger partial charge in [-0.3, -0.25) is 14.8 Å². The van der Waals surface area contributed by atoms with Gasteiger partial charge in [-0.1, -0.05) is 30.3 Å². The summed E-state index contributed by atoms with van der Waals surface area (Å²) in [6.45, 7) is 9.69. The van der Waals surface area contributed by atoms with Crippen molar-refractivity contribution in [2.45, 2.75) is 69.6 Å². The third-order valence-corrected chi connectivity index (χ3v) is 7.59. The zero-order chi connectivity index (χ0) is 21.5. The predicted molar refractivity (Wildman–Crippen MR) is 127 cm³/mol. The van der Waals surface area contributed by atoms with Gasteiger partial charge < -0.3 is 15.4 Å². The Morgan fingerprint density at radius 1 is 1.13 bits per heavy atom. The van der Waals surface area contributed by atoms with Crippen molar-refractivity contribution >= 4 is 5.96 Å². The van der Waals surface area contributed by atoms with E-state index in [-0.39, 0.29) is 5.54 Å². The van der Waals surface area contributed by atoms with Crippen molar-refractivity contribution in [2.24, 2.45) is 4.99 Å². The molecule has 0 spiro atoms. The van der Waals surface area contributed by atoms with E-state index in [1.54, 1.807) is 0 Å². The molecule has 0 aliphatic carbocycles. The zero-order valence-electron chi connectivity index (χ0n) is 19.5. The van der Waals surface area contributed by atoms with Gasteiger partial charge in [0.2, 0.25) is 0 Å². The van der Waals surface area contributed by atoms with Crippen LogP contribution in [0.3, 0.4) is 0 Å². The first-order valence-corrected chi connectivity index (χ1v) is 12.3. The lowest BCUT2D eigenvalue weighted by Crippen LogP contribution is -2.59. The van der Waals surface area contributed by atoms with Crippen molar-refractivity contribution in [1.82, 2.24) is 20.4 Å². The second kappa shape index (κ2) is 10.8. The summed E-state index contributed by atoms with van der Waals surface area (Å²) in [5.41, 5.74) is 1.63. The van der Waals surface area contributed by atoms with Crippen molar-refractivity contribution < 1.29 is 4.74 Å². The topological polar surface area (TPSA) is 52.1 Å². The van der Waals surface area contributed by atoms with Crippen LogP contribution in [-0.2, 0) is 11.3 Å². The van der Waals surface area contributed by atoms with Crippen molar-refractivity contribution in [2.75, 3.05) is 46.4 Å². The molecule has 3 aliphatic rings. The van der Waals surface area contributed by atoms with Crippen LogP contribution in [0.4, 0.5) is 0 Å². The molecule has 3 heterocycles. The number of nitrogens with zero attached hydrogens (tertiary/aromatic N) is 3. The summed E-state index contributed by atoms with van der Waals surface area (Å²) in [5, 5.41) is 7.43. The van der Waals surface area contributed by atoms with E-state index in [0.29, 0.717) is 12.1 Å². The predicted octanol–water partition coefficient (Wildman–Crippen LogP) is 2.85. The third kappa shape index (κ3) is 5.79. The van der Waals surface area contributed by atoms with Gasteiger partial charge in [0.15, 0.2) is 5.96 Å². The molecule has 0 bridgehead atoms. The normalized spacial score (nSPS) is 27.9. The number of aliphatic imine (C=N–C) groups is 1. The number of nitrogens with one attached hydrogen (secondary N) is 2. The lowest BCUT2D eigenvalue weighted by atomic mass is 9.88. The molecule has 2 N–H and O–H groups in total. The molecular formula is C25H41N5O. The van der Waals surface area contributed by atoms with E-state index in [1.165, 1.54) is 31.5 Å². The van der Waals surface area contributed by atoms with Gasteiger partial charge in [0.05, 0.1) is 0 Å². The fourth-order valence-electron chi connectivity index (χ4n) is 5.59. The largest absolute Gasteiger partial charge is 0.381 e. The van der Waals surface area contributed by atoms with Crippen molar-refractivity contribution in [3.05, 3.63) is 35.9 Å². The number of likely N-dealkylation sites (tertiary alicyclic amines) is 2. The van der Waals surface area contributed by atoms with E-state index in [2.05, 4.69) is 62.7 Å². The van der Waals surface area contributed by atoms with Crippen LogP contribution < -0.4 is 10.6 Å². The maximum absolute atomic E-state index is 5.70. The highest BCUT2D eigenvalue weighted by molar-refractivity contribution is 5.80. The number of hydrogen-bond acceptors (Lipinski definition) is 4. The summed E-state index contributed by atoms with van der Waals surface area (Å²) in [5.74, 6) is 0.957. The molecule has 4 rings (SSSR count). The van der Waals surface area contributed by atoms with Gasteiger partial charge in [-0.2, -0.15) is 0 Å². The van der Waals surface area contributed by atoms with E-state index >= 15 is 0 Å². The van der Waals surface area contributed by atoms with E-state index in [4.69, 9.17) is 4.74 Å². The SMILES string of the molecule is CN=C(NCC1(N2CCCC2)CCOCC1)NC1CCN(Cc2ccccc2)C(C)C1. The van der Waals surface area contributed by atoms with Gasteiger partial charge in [0, 0.05) is 57.5 Å². The van der Waals surface area contributed by atoms with Crippen LogP contribution >= 0.6 is 0 Å². The van der Waals surface area contributed by atoms with Gasteiger partial charge in [-0.05, 0) is 64.1 Å². The maximum Gasteiger partial charge on any atom is 0.191 e. The lowest BCUT2D eigenvalue weighted by Gasteiger charge is -2.45. The van der Waals surface area contributed by atoms with Gasteiger partial charge in [0.1, 0.15) is 0 Å². The fraction of sp³-hybridized carbons (Fsp3) is 0.720. The van der Waals surface area contributed by atoms with Crippen LogP contribution in [-0.4, -0.2) is 79.8 Å². The van der Waals surface area contributed by atoms with Gasteiger partial charge in [-0.15, -0.1) is 0 Å². The van der Waals surface area contributed by atoms with Crippen LogP contribution in [0, 0.1) is 0 Å². The molecular weight excluding hydrogens is 386 g/mol. The molecule has 0 aromatic heterocycles. The average Bonchev–Trinajstić information content (AvgIpc) is 3.35. The number of hydrogen-bond donors (Lipinski definition) is 2. The Labute approximate surface area is 188 Å². The highest BCUT2D eigenvalue weighted by atomic mass is 16.5. The maximum atomic E-state index is 5.70. The summed E-state index contributed by atoms with van der Waals surface area (Å²) < 4.78 is 5.70. The minimum Gasteiger partial charge on any atom is -0.381 e. The monoisotopic (exact) mass is 427 g/mol. The Balaban J connectivity index is 1.28. The number of benzene rings is 1. The Hall–Kier alpha value is -1.63. The molecule has 31 heavy (non-hydrogen) atoms. The van der Waals surface area contributed by atoms with Crippen LogP contribution in [0.1, 0.15) is 51.0 Å². The second-order valence-electron chi connectivity index (χ2n) is 9.63. The van der Waals surface area contributed by atoms with E-state index in [9.17, 15) is 0 Å². The summed E-state index contributed by atoms with van der Waals surface area (Å²) in [6.07, 6.45) is 7.20. The summed E-state index contributed by atoms with van der Waals surface area (Å²) in [4.78, 5) is 9.88. The van der Waals surface area contributed by atoms with Crippen molar-refractivity contribution in [3.8, 4) is 0 Å². The van der Waals surface area contributed by atoms with E-state index < -0.39 is 0 Å². The van der Waals surface area contributed by atoms with Crippen LogP contribution in [0.2, 0.25) is 0 Å². The first-order valence-electron chi connectivity index (χ1n) is 12.3. The number of rotatable bonds is 6. The molecule has 3 fully saturated rings. The van der Waals surface area contributed by atoms with Crippen molar-refractivity contribution in [3.63, 3.8) is 0 Å². The highest BCUT2D eigenvalue weighted by Crippen LogP contribution is 2.30. The number of guanidine groups is 1. The molecule has 172 valence electrons. The molecule has 3 saturated heterocycles. The third-order valence-electron chi connectivity index (χ3n) is 7.59. The first-order chi connectivity index (χ1) is 15.2. The quantitative estimate of drug-likeness (QED) is 0.540. The Kier molecular flexibility index (Phi) is 7.86. The smallest absolute Gasteiger partial charge is 0.191 e. The second-order valence-corrected chi connectivity index (χ2v) is 9.63. The summed E-state index contributed by atoms with van der Waals surface area (Å²) in [6, 6.07) is 11.9. The van der Waals surface area contributed by atoms with Crippen LogP contribution in [0.5, 0.6) is 0 Å².